The summed E-state index contributed by atoms with van der Waals surface area (Å²) in [6.07, 6.45) is 1.14. The molecule has 98 valence electrons. The number of carbonyl (C=O) groups excluding carboxylic acids is 1. The van der Waals surface area contributed by atoms with Crippen LogP contribution in [-0.4, -0.2) is 48.6 Å². The predicted octanol–water partition coefficient (Wildman–Crippen LogP) is 0.555. The second-order valence-corrected chi connectivity index (χ2v) is 4.91. The standard InChI is InChI=1S/C12H22N2O3/c1-4-12(11(16)17)5-6-14(8-12)10(15)9(2)7-13-3/h9,13H,4-8H2,1-3H3,(H,16,17). The van der Waals surface area contributed by atoms with E-state index in [9.17, 15) is 14.7 Å². The zero-order chi connectivity index (χ0) is 13.1. The van der Waals surface area contributed by atoms with Crippen molar-refractivity contribution in [1.82, 2.24) is 10.2 Å². The number of likely N-dealkylation sites (tertiary alicyclic amines) is 1. The van der Waals surface area contributed by atoms with E-state index in [1.165, 1.54) is 0 Å². The maximum atomic E-state index is 12.1. The molecule has 1 aliphatic heterocycles. The van der Waals surface area contributed by atoms with Crippen molar-refractivity contribution < 1.29 is 14.7 Å². The van der Waals surface area contributed by atoms with Crippen LogP contribution < -0.4 is 5.32 Å². The lowest BCUT2D eigenvalue weighted by Crippen LogP contribution is -2.40. The average molecular weight is 242 g/mol. The Hall–Kier alpha value is -1.10. The number of carboxylic acids is 1. The quantitative estimate of drug-likeness (QED) is 0.739. The molecule has 1 saturated heterocycles. The van der Waals surface area contributed by atoms with E-state index in [4.69, 9.17) is 0 Å². The lowest BCUT2D eigenvalue weighted by Gasteiger charge is -2.24. The van der Waals surface area contributed by atoms with E-state index in [0.717, 1.165) is 0 Å². The topological polar surface area (TPSA) is 69.6 Å². The first-order valence-electron chi connectivity index (χ1n) is 6.13. The van der Waals surface area contributed by atoms with Crippen molar-refractivity contribution in [2.75, 3.05) is 26.7 Å². The fourth-order valence-electron chi connectivity index (χ4n) is 2.38. The van der Waals surface area contributed by atoms with E-state index in [0.29, 0.717) is 32.5 Å². The van der Waals surface area contributed by atoms with Crippen LogP contribution in [0.1, 0.15) is 26.7 Å². The number of carbonyl (C=O) groups is 2. The molecule has 0 bridgehead atoms. The highest BCUT2D eigenvalue weighted by Crippen LogP contribution is 2.34. The number of hydrogen-bond donors (Lipinski definition) is 2. The fraction of sp³-hybridized carbons (Fsp3) is 0.833. The zero-order valence-corrected chi connectivity index (χ0v) is 10.8. The van der Waals surface area contributed by atoms with Gasteiger partial charge in [0.05, 0.1) is 5.41 Å². The van der Waals surface area contributed by atoms with Crippen LogP contribution in [0, 0.1) is 11.3 Å². The lowest BCUT2D eigenvalue weighted by molar-refractivity contribution is -0.148. The van der Waals surface area contributed by atoms with E-state index in [-0.39, 0.29) is 11.8 Å². The molecule has 1 rings (SSSR count). The zero-order valence-electron chi connectivity index (χ0n) is 10.8. The minimum atomic E-state index is -0.781. The number of rotatable bonds is 5. The number of nitrogens with zero attached hydrogens (tertiary/aromatic N) is 1. The molecule has 5 nitrogen and oxygen atoms in total. The van der Waals surface area contributed by atoms with Gasteiger partial charge in [0.15, 0.2) is 0 Å². The Morgan fingerprint density at radius 1 is 1.53 bits per heavy atom. The van der Waals surface area contributed by atoms with Crippen molar-refractivity contribution in [3.8, 4) is 0 Å². The van der Waals surface area contributed by atoms with Gasteiger partial charge in [0, 0.05) is 25.6 Å². The first-order valence-corrected chi connectivity index (χ1v) is 6.13. The minimum absolute atomic E-state index is 0.0518. The van der Waals surface area contributed by atoms with Crippen LogP contribution in [-0.2, 0) is 9.59 Å². The van der Waals surface area contributed by atoms with Gasteiger partial charge in [-0.2, -0.15) is 0 Å². The Balaban J connectivity index is 2.66. The second kappa shape index (κ2) is 5.49. The molecule has 0 spiro atoms. The normalized spacial score (nSPS) is 25.9. The van der Waals surface area contributed by atoms with Gasteiger partial charge in [0.2, 0.25) is 5.91 Å². The molecule has 0 aromatic rings. The first kappa shape index (κ1) is 14.0. The highest BCUT2D eigenvalue weighted by atomic mass is 16.4. The monoisotopic (exact) mass is 242 g/mol. The average Bonchev–Trinajstić information content (AvgIpc) is 2.74. The summed E-state index contributed by atoms with van der Waals surface area (Å²) in [6.45, 7) is 5.28. The van der Waals surface area contributed by atoms with Crippen molar-refractivity contribution >= 4 is 11.9 Å². The van der Waals surface area contributed by atoms with E-state index in [1.807, 2.05) is 13.8 Å². The van der Waals surface area contributed by atoms with Crippen LogP contribution in [0.5, 0.6) is 0 Å². The summed E-state index contributed by atoms with van der Waals surface area (Å²) in [5.41, 5.74) is -0.727. The molecule has 1 heterocycles. The number of aliphatic carboxylic acids is 1. The van der Waals surface area contributed by atoms with E-state index < -0.39 is 11.4 Å². The largest absolute Gasteiger partial charge is 0.481 e. The smallest absolute Gasteiger partial charge is 0.311 e. The molecule has 2 unspecified atom stereocenters. The van der Waals surface area contributed by atoms with Crippen LogP contribution in [0.2, 0.25) is 0 Å². The third-order valence-electron chi connectivity index (χ3n) is 3.73. The molecule has 0 aliphatic carbocycles. The molecule has 1 aliphatic rings. The summed E-state index contributed by atoms with van der Waals surface area (Å²) in [6, 6.07) is 0. The molecule has 0 radical (unpaired) electrons. The van der Waals surface area contributed by atoms with Gasteiger partial charge in [0.25, 0.3) is 0 Å². The van der Waals surface area contributed by atoms with Crippen LogP contribution in [0.3, 0.4) is 0 Å². The molecule has 1 fully saturated rings. The van der Waals surface area contributed by atoms with Gasteiger partial charge in [-0.05, 0) is 19.9 Å². The van der Waals surface area contributed by atoms with E-state index in [2.05, 4.69) is 5.32 Å². The van der Waals surface area contributed by atoms with Crippen LogP contribution >= 0.6 is 0 Å². The third-order valence-corrected chi connectivity index (χ3v) is 3.73. The molecule has 0 aromatic heterocycles. The van der Waals surface area contributed by atoms with Gasteiger partial charge in [0.1, 0.15) is 0 Å². The van der Waals surface area contributed by atoms with Crippen molar-refractivity contribution in [2.45, 2.75) is 26.7 Å². The Morgan fingerprint density at radius 2 is 2.18 bits per heavy atom. The molecule has 0 aromatic carbocycles. The van der Waals surface area contributed by atoms with Gasteiger partial charge >= 0.3 is 5.97 Å². The number of hydrogen-bond acceptors (Lipinski definition) is 3. The number of amides is 1. The van der Waals surface area contributed by atoms with E-state index >= 15 is 0 Å². The molecular formula is C12H22N2O3. The van der Waals surface area contributed by atoms with Crippen molar-refractivity contribution in [1.29, 1.82) is 0 Å². The SMILES string of the molecule is CCC1(C(=O)O)CCN(C(=O)C(C)CNC)C1. The van der Waals surface area contributed by atoms with Crippen LogP contribution in [0.25, 0.3) is 0 Å². The summed E-state index contributed by atoms with van der Waals surface area (Å²) < 4.78 is 0. The summed E-state index contributed by atoms with van der Waals surface area (Å²) >= 11 is 0. The van der Waals surface area contributed by atoms with Gasteiger partial charge in [-0.25, -0.2) is 0 Å². The van der Waals surface area contributed by atoms with Crippen molar-refractivity contribution in [3.63, 3.8) is 0 Å². The molecule has 2 atom stereocenters. The highest BCUT2D eigenvalue weighted by Gasteiger charge is 2.45. The molecule has 0 saturated carbocycles. The summed E-state index contributed by atoms with van der Waals surface area (Å²) in [4.78, 5) is 25.0. The van der Waals surface area contributed by atoms with Crippen molar-refractivity contribution in [3.05, 3.63) is 0 Å². The lowest BCUT2D eigenvalue weighted by atomic mass is 9.84. The van der Waals surface area contributed by atoms with Crippen molar-refractivity contribution in [2.24, 2.45) is 11.3 Å². The predicted molar refractivity (Wildman–Crippen MR) is 64.6 cm³/mol. The van der Waals surface area contributed by atoms with Gasteiger partial charge in [-0.1, -0.05) is 13.8 Å². The Kier molecular flexibility index (Phi) is 4.51. The van der Waals surface area contributed by atoms with Gasteiger partial charge in [-0.15, -0.1) is 0 Å². The first-order chi connectivity index (χ1) is 7.96. The maximum absolute atomic E-state index is 12.1. The van der Waals surface area contributed by atoms with Crippen LogP contribution in [0.15, 0.2) is 0 Å². The molecule has 2 N–H and O–H groups in total. The molecule has 17 heavy (non-hydrogen) atoms. The van der Waals surface area contributed by atoms with Crippen LogP contribution in [0.4, 0.5) is 0 Å². The van der Waals surface area contributed by atoms with E-state index in [1.54, 1.807) is 11.9 Å². The fourth-order valence-corrected chi connectivity index (χ4v) is 2.38. The minimum Gasteiger partial charge on any atom is -0.481 e. The Labute approximate surface area is 102 Å². The number of carboxylic acid groups (broad SMARTS) is 1. The van der Waals surface area contributed by atoms with Gasteiger partial charge < -0.3 is 15.3 Å². The summed E-state index contributed by atoms with van der Waals surface area (Å²) in [5.74, 6) is -0.825. The molecule has 1 amide bonds. The number of nitrogens with one attached hydrogen (secondary N) is 1. The maximum Gasteiger partial charge on any atom is 0.311 e. The Morgan fingerprint density at radius 3 is 2.59 bits per heavy atom. The molecule has 5 heteroatoms. The summed E-state index contributed by atoms with van der Waals surface area (Å²) in [7, 11) is 1.81. The second-order valence-electron chi connectivity index (χ2n) is 4.91. The third kappa shape index (κ3) is 2.77. The highest BCUT2D eigenvalue weighted by molar-refractivity contribution is 5.82. The Bertz CT molecular complexity index is 306. The van der Waals surface area contributed by atoms with Gasteiger partial charge in [-0.3, -0.25) is 9.59 Å². The molecular weight excluding hydrogens is 220 g/mol. The summed E-state index contributed by atoms with van der Waals surface area (Å²) in [5, 5.41) is 12.2.